The van der Waals surface area contributed by atoms with Crippen molar-refractivity contribution in [1.82, 2.24) is 0 Å². The van der Waals surface area contributed by atoms with E-state index in [9.17, 15) is 0 Å². The maximum Gasteiger partial charge on any atom is 0.0540 e. The highest BCUT2D eigenvalue weighted by molar-refractivity contribution is 5.98. The lowest BCUT2D eigenvalue weighted by molar-refractivity contribution is 1.28. The van der Waals surface area contributed by atoms with Crippen LogP contribution in [0.5, 0.6) is 0 Å². The Labute approximate surface area is 394 Å². The van der Waals surface area contributed by atoms with E-state index in [-0.39, 0.29) is 0 Å². The molecule has 0 atom stereocenters. The number of para-hydroxylation sites is 1. The summed E-state index contributed by atoms with van der Waals surface area (Å²) >= 11 is 0. The van der Waals surface area contributed by atoms with Gasteiger partial charge in [0.15, 0.2) is 0 Å². The number of hydrogen-bond donors (Lipinski definition) is 0. The Morgan fingerprint density at radius 1 is 0.164 bits per heavy atom. The molecule has 0 aliphatic carbocycles. The molecule has 11 aromatic carbocycles. The van der Waals surface area contributed by atoms with Crippen LogP contribution in [0.25, 0.3) is 89.0 Å². The van der Waals surface area contributed by atoms with Crippen LogP contribution in [0.4, 0.5) is 17.1 Å². The number of hydrogen-bond acceptors (Lipinski definition) is 1. The monoisotopic (exact) mass is 853 g/mol. The summed E-state index contributed by atoms with van der Waals surface area (Å²) < 4.78 is 0. The molecular weight excluding hydrogens is 807 g/mol. The molecule has 0 saturated heterocycles. The minimum atomic E-state index is 1.07. The van der Waals surface area contributed by atoms with Crippen LogP contribution in [0, 0.1) is 0 Å². The van der Waals surface area contributed by atoms with E-state index in [1.807, 2.05) is 0 Å². The molecule has 0 N–H and O–H groups in total. The third-order valence-corrected chi connectivity index (χ3v) is 12.8. The Morgan fingerprint density at radius 3 is 0.881 bits per heavy atom. The predicted octanol–water partition coefficient (Wildman–Crippen LogP) is 18.5. The predicted molar refractivity (Wildman–Crippen MR) is 285 cm³/mol. The van der Waals surface area contributed by atoms with E-state index in [4.69, 9.17) is 0 Å². The van der Waals surface area contributed by atoms with E-state index < -0.39 is 0 Å². The van der Waals surface area contributed by atoms with Crippen LogP contribution >= 0.6 is 0 Å². The third-order valence-electron chi connectivity index (χ3n) is 12.8. The second kappa shape index (κ2) is 18.7. The maximum absolute atomic E-state index is 2.41. The Morgan fingerprint density at radius 2 is 0.448 bits per heavy atom. The molecule has 67 heavy (non-hydrogen) atoms. The van der Waals surface area contributed by atoms with Crippen molar-refractivity contribution in [3.05, 3.63) is 285 Å². The smallest absolute Gasteiger partial charge is 0.0540 e. The average Bonchev–Trinajstić information content (AvgIpc) is 3.42. The first kappa shape index (κ1) is 41.0. The second-order valence-corrected chi connectivity index (χ2v) is 16.9. The number of nitrogens with zero attached hydrogens (tertiary/aromatic N) is 1. The first-order valence-electron chi connectivity index (χ1n) is 23.0. The van der Waals surface area contributed by atoms with Gasteiger partial charge in [-0.05, 0) is 120 Å². The van der Waals surface area contributed by atoms with E-state index >= 15 is 0 Å². The molecule has 0 fully saturated rings. The molecule has 316 valence electrons. The average molecular weight is 854 g/mol. The molecule has 0 unspecified atom stereocenters. The minimum Gasteiger partial charge on any atom is -0.310 e. The molecule has 1 nitrogen and oxygen atoms in total. The van der Waals surface area contributed by atoms with Crippen LogP contribution in [-0.2, 0) is 0 Å². The number of anilines is 3. The van der Waals surface area contributed by atoms with Crippen LogP contribution in [0.1, 0.15) is 0 Å². The van der Waals surface area contributed by atoms with Gasteiger partial charge in [-0.2, -0.15) is 0 Å². The zero-order chi connectivity index (χ0) is 44.8. The van der Waals surface area contributed by atoms with Crippen LogP contribution < -0.4 is 4.90 Å². The van der Waals surface area contributed by atoms with Gasteiger partial charge in [-0.1, -0.05) is 249 Å². The van der Waals surface area contributed by atoms with Gasteiger partial charge in [0.25, 0.3) is 0 Å². The van der Waals surface area contributed by atoms with Crippen LogP contribution in [-0.4, -0.2) is 0 Å². The summed E-state index contributed by atoms with van der Waals surface area (Å²) in [5.74, 6) is 0. The lowest BCUT2D eigenvalue weighted by Crippen LogP contribution is -2.11. The summed E-state index contributed by atoms with van der Waals surface area (Å²) in [7, 11) is 0. The summed E-state index contributed by atoms with van der Waals surface area (Å²) in [6.45, 7) is 0. The highest BCUT2D eigenvalue weighted by Crippen LogP contribution is 2.47. The van der Waals surface area contributed by atoms with Gasteiger partial charge in [0, 0.05) is 16.9 Å². The van der Waals surface area contributed by atoms with Crippen molar-refractivity contribution in [3.8, 4) is 89.0 Å². The van der Waals surface area contributed by atoms with Crippen molar-refractivity contribution in [2.24, 2.45) is 0 Å². The van der Waals surface area contributed by atoms with E-state index in [2.05, 4.69) is 290 Å². The van der Waals surface area contributed by atoms with Gasteiger partial charge in [-0.25, -0.2) is 0 Å². The van der Waals surface area contributed by atoms with Gasteiger partial charge in [0.05, 0.1) is 5.69 Å². The van der Waals surface area contributed by atoms with E-state index in [0.29, 0.717) is 0 Å². The molecule has 0 radical (unpaired) electrons. The fraction of sp³-hybridized carbons (Fsp3) is 0. The summed E-state index contributed by atoms with van der Waals surface area (Å²) in [5.41, 5.74) is 22.2. The zero-order valence-corrected chi connectivity index (χ0v) is 37.1. The van der Waals surface area contributed by atoms with Gasteiger partial charge in [0.2, 0.25) is 0 Å². The molecule has 0 amide bonds. The van der Waals surface area contributed by atoms with Gasteiger partial charge in [-0.15, -0.1) is 0 Å². The Balaban J connectivity index is 1.04. The highest BCUT2D eigenvalue weighted by Gasteiger charge is 2.21. The van der Waals surface area contributed by atoms with Gasteiger partial charge in [0.1, 0.15) is 0 Å². The molecule has 0 aliphatic heterocycles. The molecule has 11 aromatic rings. The third kappa shape index (κ3) is 8.63. The van der Waals surface area contributed by atoms with Gasteiger partial charge >= 0.3 is 0 Å². The summed E-state index contributed by atoms with van der Waals surface area (Å²) in [6.07, 6.45) is 0. The molecule has 0 aliphatic rings. The van der Waals surface area contributed by atoms with Crippen LogP contribution in [0.2, 0.25) is 0 Å². The normalized spacial score (nSPS) is 11.0. The summed E-state index contributed by atoms with van der Waals surface area (Å²) in [6, 6.07) is 103. The number of rotatable bonds is 11. The van der Waals surface area contributed by atoms with Gasteiger partial charge < -0.3 is 4.90 Å². The summed E-state index contributed by atoms with van der Waals surface area (Å²) in [4.78, 5) is 2.41. The Bertz CT molecular complexity index is 3250. The van der Waals surface area contributed by atoms with Crippen molar-refractivity contribution < 1.29 is 0 Å². The lowest BCUT2D eigenvalue weighted by Gasteiger charge is -2.29. The fourth-order valence-corrected chi connectivity index (χ4v) is 9.30. The van der Waals surface area contributed by atoms with Crippen molar-refractivity contribution in [2.75, 3.05) is 4.90 Å². The number of benzene rings is 11. The largest absolute Gasteiger partial charge is 0.310 e. The molecule has 0 saturated carbocycles. The highest BCUT2D eigenvalue weighted by atomic mass is 15.1. The first-order chi connectivity index (χ1) is 33.2. The summed E-state index contributed by atoms with van der Waals surface area (Å²) in [5, 5.41) is 0. The Hall–Kier alpha value is -8.78. The fourth-order valence-electron chi connectivity index (χ4n) is 9.30. The SMILES string of the molecule is c1ccc(-c2ccc(-c3ccc(N(c4ccc(-c5ccc(-c6ccccc6)cc5)cc4)c4ccccc4-c4ccc(-c5ccccc5)cc4-c4ccccc4-c4ccccc4)cc3)cc2)cc1. The molecular formula is C66H47N. The van der Waals surface area contributed by atoms with Crippen molar-refractivity contribution in [3.63, 3.8) is 0 Å². The zero-order valence-electron chi connectivity index (χ0n) is 37.1. The first-order valence-corrected chi connectivity index (χ1v) is 23.0. The molecule has 0 bridgehead atoms. The topological polar surface area (TPSA) is 3.24 Å². The molecule has 0 heterocycles. The maximum atomic E-state index is 2.41. The Kier molecular flexibility index (Phi) is 11.5. The molecule has 11 rings (SSSR count). The molecule has 0 aromatic heterocycles. The second-order valence-electron chi connectivity index (χ2n) is 16.9. The van der Waals surface area contributed by atoms with E-state index in [0.717, 1.165) is 28.2 Å². The molecule has 1 heteroatoms. The van der Waals surface area contributed by atoms with Crippen molar-refractivity contribution in [2.45, 2.75) is 0 Å². The van der Waals surface area contributed by atoms with Crippen LogP contribution in [0.15, 0.2) is 285 Å². The van der Waals surface area contributed by atoms with Crippen molar-refractivity contribution in [1.29, 1.82) is 0 Å². The van der Waals surface area contributed by atoms with E-state index in [1.54, 1.807) is 0 Å². The lowest BCUT2D eigenvalue weighted by atomic mass is 9.86. The van der Waals surface area contributed by atoms with Gasteiger partial charge in [-0.3, -0.25) is 0 Å². The molecule has 0 spiro atoms. The minimum absolute atomic E-state index is 1.07. The van der Waals surface area contributed by atoms with Crippen molar-refractivity contribution >= 4 is 17.1 Å². The quantitative estimate of drug-likeness (QED) is 0.125. The standard InChI is InChI=1S/C66H47N/c1-5-17-48(18-6-1)51-29-33-53(34-30-51)55-37-42-59(43-38-55)67(60-44-39-56(40-45-60)54-35-31-52(32-36-54)49-19-7-2-8-20-49)66-28-16-15-27-64(66)63-46-41-58(50-21-9-3-10-22-50)47-65(63)62-26-14-13-25-61(62)57-23-11-4-12-24-57/h1-47H. The van der Waals surface area contributed by atoms with E-state index in [1.165, 1.54) is 77.9 Å². The van der Waals surface area contributed by atoms with Crippen LogP contribution in [0.3, 0.4) is 0 Å².